The molecule has 30 heavy (non-hydrogen) atoms. The molecule has 1 aromatic heterocycles. The molecule has 10 heteroatoms. The fourth-order valence-electron chi connectivity index (χ4n) is 3.44. The third kappa shape index (κ3) is 3.71. The van der Waals surface area contributed by atoms with Crippen molar-refractivity contribution in [1.82, 2.24) is 4.98 Å². The lowest BCUT2D eigenvalue weighted by Gasteiger charge is -2.37. The standard InChI is InChI=1S/C20H17FN2O7/c1-19(17(24)25)6-2-7-20(11-19,18(26)27)16-10-13(5-8-22-16)30-15-4-3-12(23(28)29)9-14(15)21/h2-6,8-10H,7,11H2,1H3,(H,24,25)(H,26,27). The van der Waals surface area contributed by atoms with Gasteiger partial charge in [-0.25, -0.2) is 4.39 Å². The number of ether oxygens (including phenoxy) is 1. The molecule has 0 fully saturated rings. The predicted molar refractivity (Wildman–Crippen MR) is 101 cm³/mol. The molecule has 156 valence electrons. The van der Waals surface area contributed by atoms with Gasteiger partial charge in [-0.2, -0.15) is 0 Å². The van der Waals surface area contributed by atoms with E-state index >= 15 is 0 Å². The first-order chi connectivity index (χ1) is 14.1. The monoisotopic (exact) mass is 416 g/mol. The van der Waals surface area contributed by atoms with Gasteiger partial charge in [0, 0.05) is 18.3 Å². The Bertz CT molecular complexity index is 1070. The number of non-ortho nitro benzene ring substituents is 1. The molecular formula is C20H17FN2O7. The molecule has 9 nitrogen and oxygen atoms in total. The molecule has 2 unspecified atom stereocenters. The number of carboxylic acids is 2. The zero-order valence-electron chi connectivity index (χ0n) is 15.7. The summed E-state index contributed by atoms with van der Waals surface area (Å²) in [7, 11) is 0. The zero-order chi connectivity index (χ0) is 22.1. The van der Waals surface area contributed by atoms with Crippen LogP contribution in [0.1, 0.15) is 25.5 Å². The van der Waals surface area contributed by atoms with Crippen molar-refractivity contribution >= 4 is 17.6 Å². The molecule has 0 saturated heterocycles. The summed E-state index contributed by atoms with van der Waals surface area (Å²) in [5.41, 5.74) is -3.40. The van der Waals surface area contributed by atoms with Crippen LogP contribution >= 0.6 is 0 Å². The number of hydrogen-bond donors (Lipinski definition) is 2. The quantitative estimate of drug-likeness (QED) is 0.413. The number of carbonyl (C=O) groups is 2. The van der Waals surface area contributed by atoms with Crippen LogP contribution in [0, 0.1) is 21.3 Å². The number of aliphatic carboxylic acids is 2. The van der Waals surface area contributed by atoms with Crippen molar-refractivity contribution < 1.29 is 33.9 Å². The van der Waals surface area contributed by atoms with Crippen LogP contribution in [0.25, 0.3) is 0 Å². The van der Waals surface area contributed by atoms with Crippen molar-refractivity contribution in [2.75, 3.05) is 0 Å². The van der Waals surface area contributed by atoms with Crippen molar-refractivity contribution in [3.8, 4) is 11.5 Å². The Morgan fingerprint density at radius 3 is 2.57 bits per heavy atom. The second-order valence-corrected chi connectivity index (χ2v) is 7.24. The predicted octanol–water partition coefficient (Wildman–Crippen LogP) is 3.68. The highest BCUT2D eigenvalue weighted by Gasteiger charge is 2.50. The van der Waals surface area contributed by atoms with Crippen LogP contribution in [0.2, 0.25) is 0 Å². The summed E-state index contributed by atoms with van der Waals surface area (Å²) < 4.78 is 19.6. The van der Waals surface area contributed by atoms with E-state index in [1.165, 1.54) is 37.4 Å². The highest BCUT2D eigenvalue weighted by atomic mass is 19.1. The Hall–Kier alpha value is -3.82. The van der Waals surface area contributed by atoms with Crippen LogP contribution in [-0.4, -0.2) is 32.1 Å². The van der Waals surface area contributed by atoms with Crippen LogP contribution in [0.15, 0.2) is 48.7 Å². The number of carboxylic acid groups (broad SMARTS) is 2. The highest BCUT2D eigenvalue weighted by Crippen LogP contribution is 2.45. The number of aromatic nitrogens is 1. The number of halogens is 1. The SMILES string of the molecule is CC1(C(=O)O)C=CCC(C(=O)O)(c2cc(Oc3ccc([N+](=O)[O-])cc3F)ccn2)C1. The van der Waals surface area contributed by atoms with E-state index in [4.69, 9.17) is 4.74 Å². The Morgan fingerprint density at radius 1 is 1.23 bits per heavy atom. The van der Waals surface area contributed by atoms with Crippen molar-refractivity contribution in [2.24, 2.45) is 5.41 Å². The molecule has 0 spiro atoms. The summed E-state index contributed by atoms with van der Waals surface area (Å²) in [4.78, 5) is 37.9. The molecule has 2 N–H and O–H groups in total. The Kier molecular flexibility index (Phi) is 5.26. The van der Waals surface area contributed by atoms with E-state index in [1.54, 1.807) is 0 Å². The van der Waals surface area contributed by atoms with Gasteiger partial charge in [0.05, 0.1) is 22.1 Å². The van der Waals surface area contributed by atoms with Gasteiger partial charge < -0.3 is 14.9 Å². The minimum atomic E-state index is -1.62. The average Bonchev–Trinajstić information content (AvgIpc) is 2.69. The molecule has 1 aliphatic carbocycles. The number of nitro benzene ring substituents is 1. The number of rotatable bonds is 6. The molecular weight excluding hydrogens is 399 g/mol. The molecule has 0 amide bonds. The van der Waals surface area contributed by atoms with Gasteiger partial charge in [0.15, 0.2) is 11.6 Å². The molecule has 1 heterocycles. The molecule has 2 atom stereocenters. The van der Waals surface area contributed by atoms with E-state index in [1.807, 2.05) is 0 Å². The normalized spacial score (nSPS) is 23.0. The fraction of sp³-hybridized carbons (Fsp3) is 0.250. The lowest BCUT2D eigenvalue weighted by Crippen LogP contribution is -2.45. The van der Waals surface area contributed by atoms with E-state index in [2.05, 4.69) is 4.98 Å². The van der Waals surface area contributed by atoms with Crippen LogP contribution < -0.4 is 4.74 Å². The maximum absolute atomic E-state index is 14.1. The maximum Gasteiger partial charge on any atom is 0.316 e. The van der Waals surface area contributed by atoms with Crippen molar-refractivity contribution in [2.45, 2.75) is 25.2 Å². The van der Waals surface area contributed by atoms with Crippen molar-refractivity contribution in [1.29, 1.82) is 0 Å². The van der Waals surface area contributed by atoms with Crippen LogP contribution in [0.4, 0.5) is 10.1 Å². The van der Waals surface area contributed by atoms with Gasteiger partial charge in [-0.15, -0.1) is 0 Å². The molecule has 0 saturated carbocycles. The maximum atomic E-state index is 14.1. The van der Waals surface area contributed by atoms with Gasteiger partial charge in [-0.3, -0.25) is 24.7 Å². The van der Waals surface area contributed by atoms with E-state index in [-0.39, 0.29) is 30.0 Å². The smallest absolute Gasteiger partial charge is 0.316 e. The zero-order valence-corrected chi connectivity index (χ0v) is 15.7. The second kappa shape index (κ2) is 7.54. The van der Waals surface area contributed by atoms with Crippen LogP contribution in [0.3, 0.4) is 0 Å². The lowest BCUT2D eigenvalue weighted by molar-refractivity contribution is -0.385. The lowest BCUT2D eigenvalue weighted by atomic mass is 9.64. The first-order valence-corrected chi connectivity index (χ1v) is 8.80. The number of allylic oxidation sites excluding steroid dienone is 1. The third-order valence-electron chi connectivity index (χ3n) is 5.09. The first-order valence-electron chi connectivity index (χ1n) is 8.80. The Labute approximate surface area is 169 Å². The van der Waals surface area contributed by atoms with Gasteiger partial charge in [0.25, 0.3) is 5.69 Å². The summed E-state index contributed by atoms with van der Waals surface area (Å²) in [5.74, 6) is -3.61. The fourth-order valence-corrected chi connectivity index (χ4v) is 3.44. The number of nitro groups is 1. The molecule has 1 aromatic carbocycles. The number of hydrogen-bond acceptors (Lipinski definition) is 6. The number of pyridine rings is 1. The van der Waals surface area contributed by atoms with Gasteiger partial charge in [0.1, 0.15) is 11.2 Å². The summed E-state index contributed by atoms with van der Waals surface area (Å²) in [5, 5.41) is 30.2. The topological polar surface area (TPSA) is 140 Å². The molecule has 0 bridgehead atoms. The molecule has 3 rings (SSSR count). The van der Waals surface area contributed by atoms with Crippen LogP contribution in [-0.2, 0) is 15.0 Å². The third-order valence-corrected chi connectivity index (χ3v) is 5.09. The molecule has 1 aliphatic rings. The number of nitrogens with zero attached hydrogens (tertiary/aromatic N) is 2. The summed E-state index contributed by atoms with van der Waals surface area (Å²) in [6, 6.07) is 5.54. The van der Waals surface area contributed by atoms with Crippen molar-refractivity contribution in [3.05, 3.63) is 70.3 Å². The second-order valence-electron chi connectivity index (χ2n) is 7.24. The highest BCUT2D eigenvalue weighted by molar-refractivity contribution is 5.85. The Morgan fingerprint density at radius 2 is 1.97 bits per heavy atom. The van der Waals surface area contributed by atoms with Crippen molar-refractivity contribution in [3.63, 3.8) is 0 Å². The minimum Gasteiger partial charge on any atom is -0.481 e. The van der Waals surface area contributed by atoms with Gasteiger partial charge in [-0.05, 0) is 31.9 Å². The Balaban J connectivity index is 1.98. The van der Waals surface area contributed by atoms with E-state index in [9.17, 15) is 34.3 Å². The molecule has 0 aliphatic heterocycles. The molecule has 0 radical (unpaired) electrons. The largest absolute Gasteiger partial charge is 0.481 e. The van der Waals surface area contributed by atoms with E-state index in [0.29, 0.717) is 6.07 Å². The van der Waals surface area contributed by atoms with Crippen LogP contribution in [0.5, 0.6) is 11.5 Å². The summed E-state index contributed by atoms with van der Waals surface area (Å²) >= 11 is 0. The van der Waals surface area contributed by atoms with Gasteiger partial charge >= 0.3 is 11.9 Å². The molecule has 2 aromatic rings. The summed E-state index contributed by atoms with van der Waals surface area (Å²) in [6.07, 6.45) is 4.02. The summed E-state index contributed by atoms with van der Waals surface area (Å²) in [6.45, 7) is 1.43. The van der Waals surface area contributed by atoms with E-state index in [0.717, 1.165) is 12.1 Å². The van der Waals surface area contributed by atoms with E-state index < -0.39 is 39.2 Å². The first kappa shape index (κ1) is 20.9. The minimum absolute atomic E-state index is 0.0214. The van der Waals surface area contributed by atoms with Gasteiger partial charge in [0.2, 0.25) is 0 Å². The number of benzene rings is 1. The average molecular weight is 416 g/mol. The van der Waals surface area contributed by atoms with Gasteiger partial charge in [-0.1, -0.05) is 12.2 Å².